The molecule has 1 heterocycles. The summed E-state index contributed by atoms with van der Waals surface area (Å²) < 4.78 is 0. The van der Waals surface area contributed by atoms with Crippen LogP contribution in [0.15, 0.2) is 29.2 Å². The molecule has 0 spiro atoms. The van der Waals surface area contributed by atoms with Crippen molar-refractivity contribution in [2.75, 3.05) is 11.5 Å². The maximum atomic E-state index is 2.34. The molecular formula is C15H18S2. The summed E-state index contributed by atoms with van der Waals surface area (Å²) in [7, 11) is 0. The van der Waals surface area contributed by atoms with Crippen LogP contribution in [0.3, 0.4) is 0 Å². The van der Waals surface area contributed by atoms with Gasteiger partial charge in [0.05, 0.1) is 0 Å². The van der Waals surface area contributed by atoms with Crippen molar-refractivity contribution in [3.63, 3.8) is 0 Å². The van der Waals surface area contributed by atoms with E-state index in [1.54, 1.807) is 15.4 Å². The number of allylic oxidation sites excluding steroid dienone is 1. The fourth-order valence-corrected chi connectivity index (χ4v) is 5.50. The van der Waals surface area contributed by atoms with Crippen molar-refractivity contribution in [1.82, 2.24) is 0 Å². The highest BCUT2D eigenvalue weighted by Crippen LogP contribution is 2.55. The predicted molar refractivity (Wildman–Crippen MR) is 80.5 cm³/mol. The van der Waals surface area contributed by atoms with Crippen molar-refractivity contribution >= 4 is 28.4 Å². The maximum Gasteiger partial charge on any atom is 0.0249 e. The molecule has 1 aliphatic heterocycles. The number of fused-ring (bicyclic) bond motifs is 2. The van der Waals surface area contributed by atoms with E-state index in [4.69, 9.17) is 0 Å². The van der Waals surface area contributed by atoms with E-state index < -0.39 is 0 Å². The Hall–Kier alpha value is -0.340. The lowest BCUT2D eigenvalue weighted by atomic mass is 9.95. The molecular weight excluding hydrogens is 244 g/mol. The molecule has 2 heteroatoms. The lowest BCUT2D eigenvalue weighted by molar-refractivity contribution is 0.664. The van der Waals surface area contributed by atoms with Gasteiger partial charge in [0.25, 0.3) is 0 Å². The van der Waals surface area contributed by atoms with Crippen molar-refractivity contribution in [2.45, 2.75) is 32.1 Å². The van der Waals surface area contributed by atoms with Crippen LogP contribution in [0, 0.1) is 0 Å². The number of hydrogen-bond donors (Lipinski definition) is 0. The number of unbranched alkanes of at least 4 members (excludes halogenated alkanes) is 1. The Labute approximate surface area is 112 Å². The minimum Gasteiger partial charge on any atom is -0.128 e. The molecule has 1 aliphatic carbocycles. The first-order chi connectivity index (χ1) is 8.42. The van der Waals surface area contributed by atoms with Crippen molar-refractivity contribution in [3.8, 4) is 0 Å². The summed E-state index contributed by atoms with van der Waals surface area (Å²) in [6, 6.07) is 9.04. The van der Waals surface area contributed by atoms with Crippen molar-refractivity contribution < 1.29 is 0 Å². The van der Waals surface area contributed by atoms with Crippen molar-refractivity contribution in [3.05, 3.63) is 40.3 Å². The second-order valence-electron chi connectivity index (χ2n) is 4.67. The zero-order chi connectivity index (χ0) is 11.7. The number of benzene rings is 1. The summed E-state index contributed by atoms with van der Waals surface area (Å²) in [6.45, 7) is 2.29. The SMILES string of the molecule is CCCCC1C2=C(SCCS2)c2ccccc21. The molecule has 1 unspecified atom stereocenters. The van der Waals surface area contributed by atoms with Gasteiger partial charge in [-0.05, 0) is 17.5 Å². The third-order valence-electron chi connectivity index (χ3n) is 3.55. The lowest BCUT2D eigenvalue weighted by Crippen LogP contribution is -2.00. The largest absolute Gasteiger partial charge is 0.128 e. The Kier molecular flexibility index (Phi) is 3.53. The van der Waals surface area contributed by atoms with Crippen molar-refractivity contribution in [1.29, 1.82) is 0 Å². The molecule has 1 aromatic rings. The highest BCUT2D eigenvalue weighted by atomic mass is 32.2. The molecule has 0 aromatic heterocycles. The molecule has 0 bridgehead atoms. The predicted octanol–water partition coefficient (Wildman–Crippen LogP) is 5.12. The van der Waals surface area contributed by atoms with Gasteiger partial charge in [0.1, 0.15) is 0 Å². The lowest BCUT2D eigenvalue weighted by Gasteiger charge is -2.18. The van der Waals surface area contributed by atoms with Gasteiger partial charge in [0.2, 0.25) is 0 Å². The van der Waals surface area contributed by atoms with Crippen LogP contribution in [0.2, 0.25) is 0 Å². The molecule has 0 fully saturated rings. The van der Waals surface area contributed by atoms with E-state index in [-0.39, 0.29) is 0 Å². The Balaban J connectivity index is 1.99. The van der Waals surface area contributed by atoms with E-state index in [0.717, 1.165) is 0 Å². The van der Waals surface area contributed by atoms with Gasteiger partial charge < -0.3 is 0 Å². The van der Waals surface area contributed by atoms with Gasteiger partial charge >= 0.3 is 0 Å². The standard InChI is InChI=1S/C15H18S2/c1-2-3-6-12-11-7-4-5-8-13(11)15-14(12)16-9-10-17-15/h4-5,7-8,12H,2-3,6,9-10H2,1H3. The second-order valence-corrected chi connectivity index (χ2v) is 6.91. The van der Waals surface area contributed by atoms with Gasteiger partial charge in [-0.2, -0.15) is 0 Å². The van der Waals surface area contributed by atoms with Crippen molar-refractivity contribution in [2.24, 2.45) is 0 Å². The van der Waals surface area contributed by atoms with E-state index in [2.05, 4.69) is 54.7 Å². The second kappa shape index (κ2) is 5.11. The molecule has 17 heavy (non-hydrogen) atoms. The van der Waals surface area contributed by atoms with Gasteiger partial charge in [-0.1, -0.05) is 44.0 Å². The Morgan fingerprint density at radius 1 is 1.18 bits per heavy atom. The molecule has 0 amide bonds. The fourth-order valence-electron chi connectivity index (χ4n) is 2.75. The van der Waals surface area contributed by atoms with E-state index >= 15 is 0 Å². The molecule has 1 aromatic carbocycles. The van der Waals surface area contributed by atoms with E-state index in [1.807, 2.05) is 0 Å². The molecule has 90 valence electrons. The summed E-state index contributed by atoms with van der Waals surface area (Å²) in [5.41, 5.74) is 3.12. The van der Waals surface area contributed by atoms with Gasteiger partial charge in [-0.15, -0.1) is 23.5 Å². The van der Waals surface area contributed by atoms with Crippen LogP contribution in [0.25, 0.3) is 4.91 Å². The minimum atomic E-state index is 0.707. The quantitative estimate of drug-likeness (QED) is 0.741. The zero-order valence-electron chi connectivity index (χ0n) is 10.2. The zero-order valence-corrected chi connectivity index (χ0v) is 11.9. The molecule has 0 saturated carbocycles. The summed E-state index contributed by atoms with van der Waals surface area (Å²) in [4.78, 5) is 3.27. The Morgan fingerprint density at radius 2 is 2.00 bits per heavy atom. The number of rotatable bonds is 3. The van der Waals surface area contributed by atoms with E-state index in [9.17, 15) is 0 Å². The van der Waals surface area contributed by atoms with Crippen LogP contribution in [-0.2, 0) is 0 Å². The first-order valence-corrected chi connectivity index (χ1v) is 8.48. The third-order valence-corrected chi connectivity index (χ3v) is 6.29. The molecule has 0 saturated heterocycles. The topological polar surface area (TPSA) is 0 Å². The first-order valence-electron chi connectivity index (χ1n) is 6.51. The maximum absolute atomic E-state index is 2.34. The average molecular weight is 262 g/mol. The molecule has 2 aliphatic rings. The minimum absolute atomic E-state index is 0.707. The van der Waals surface area contributed by atoms with Gasteiger partial charge in [-0.25, -0.2) is 0 Å². The van der Waals surface area contributed by atoms with Crippen LogP contribution in [0.1, 0.15) is 43.2 Å². The summed E-state index contributed by atoms with van der Waals surface area (Å²) in [6.07, 6.45) is 3.99. The van der Waals surface area contributed by atoms with E-state index in [1.165, 1.54) is 36.3 Å². The highest BCUT2D eigenvalue weighted by molar-refractivity contribution is 8.13. The Bertz CT molecular complexity index is 448. The van der Waals surface area contributed by atoms with Crippen LogP contribution in [0.4, 0.5) is 0 Å². The van der Waals surface area contributed by atoms with E-state index in [0.29, 0.717) is 5.92 Å². The van der Waals surface area contributed by atoms with Crippen LogP contribution in [0.5, 0.6) is 0 Å². The average Bonchev–Trinajstić information content (AvgIpc) is 2.71. The van der Waals surface area contributed by atoms with Crippen LogP contribution >= 0.6 is 23.5 Å². The molecule has 0 nitrogen and oxygen atoms in total. The third kappa shape index (κ3) is 2.06. The smallest absolute Gasteiger partial charge is 0.0249 e. The van der Waals surface area contributed by atoms with Gasteiger partial charge in [-0.3, -0.25) is 0 Å². The summed E-state index contributed by atoms with van der Waals surface area (Å²) >= 11 is 4.18. The fraction of sp³-hybridized carbons (Fsp3) is 0.467. The normalized spacial score (nSPS) is 22.5. The molecule has 1 atom stereocenters. The van der Waals surface area contributed by atoms with Gasteiger partial charge in [0, 0.05) is 27.2 Å². The summed E-state index contributed by atoms with van der Waals surface area (Å²) in [5, 5.41) is 0. The highest BCUT2D eigenvalue weighted by Gasteiger charge is 2.32. The first kappa shape index (κ1) is 11.7. The Morgan fingerprint density at radius 3 is 2.88 bits per heavy atom. The van der Waals surface area contributed by atoms with Crippen LogP contribution in [-0.4, -0.2) is 11.5 Å². The molecule has 0 N–H and O–H groups in total. The molecule has 0 radical (unpaired) electrons. The van der Waals surface area contributed by atoms with Crippen LogP contribution < -0.4 is 0 Å². The molecule has 3 rings (SSSR count). The number of thioether (sulfide) groups is 2. The monoisotopic (exact) mass is 262 g/mol. The summed E-state index contributed by atoms with van der Waals surface area (Å²) in [5.74, 6) is 3.28. The van der Waals surface area contributed by atoms with Gasteiger partial charge in [0.15, 0.2) is 0 Å². The number of hydrogen-bond acceptors (Lipinski definition) is 2.